The molecule has 0 aliphatic rings. The van der Waals surface area contributed by atoms with Crippen LogP contribution in [0, 0.1) is 0 Å². The van der Waals surface area contributed by atoms with Gasteiger partial charge in [-0.2, -0.15) is 0 Å². The van der Waals surface area contributed by atoms with Crippen LogP contribution in [-0.2, 0) is 19.1 Å². The summed E-state index contributed by atoms with van der Waals surface area (Å²) in [5.74, 6) is -0.581. The van der Waals surface area contributed by atoms with Gasteiger partial charge in [0.05, 0.1) is 6.61 Å². The summed E-state index contributed by atoms with van der Waals surface area (Å²) in [4.78, 5) is 24.3. The molecule has 0 aromatic carbocycles. The van der Waals surface area contributed by atoms with Gasteiger partial charge in [0.15, 0.2) is 6.10 Å². The first-order chi connectivity index (χ1) is 25.1. The van der Waals surface area contributed by atoms with Gasteiger partial charge in [0, 0.05) is 12.8 Å². The molecule has 1 N–H and O–H groups in total. The second-order valence-electron chi connectivity index (χ2n) is 15.1. The van der Waals surface area contributed by atoms with E-state index in [0.29, 0.717) is 12.8 Å². The molecule has 5 heteroatoms. The van der Waals surface area contributed by atoms with Crippen molar-refractivity contribution in [1.29, 1.82) is 0 Å². The molecular formula is C46H86O5. The average Bonchev–Trinajstić information content (AvgIpc) is 3.13. The van der Waals surface area contributed by atoms with Crippen molar-refractivity contribution in [2.75, 3.05) is 13.2 Å². The molecule has 0 saturated heterocycles. The standard InChI is InChI=1S/C46H86O5/c1-3-5-7-9-11-13-15-17-18-19-20-21-22-23-24-25-26-27-28-29-31-33-35-37-39-41-46(49)51-44(42-47)43-50-45(48)40-38-36-34-32-30-16-14-12-10-8-6-4-2/h15,17,19-20,44,47H,3-14,16,18,21-43H2,1-2H3/b17-15-,20-19-. The number of esters is 2. The van der Waals surface area contributed by atoms with Crippen LogP contribution in [0.5, 0.6) is 0 Å². The molecule has 0 aromatic heterocycles. The Morgan fingerprint density at radius 2 is 0.784 bits per heavy atom. The van der Waals surface area contributed by atoms with E-state index in [1.165, 1.54) is 167 Å². The summed E-state index contributed by atoms with van der Waals surface area (Å²) in [5, 5.41) is 9.57. The summed E-state index contributed by atoms with van der Waals surface area (Å²) in [6.45, 7) is 4.14. The van der Waals surface area contributed by atoms with Crippen LogP contribution in [0.15, 0.2) is 24.3 Å². The highest BCUT2D eigenvalue weighted by atomic mass is 16.6. The van der Waals surface area contributed by atoms with E-state index in [1.54, 1.807) is 0 Å². The zero-order valence-electron chi connectivity index (χ0n) is 34.1. The van der Waals surface area contributed by atoms with Crippen LogP contribution in [0.1, 0.15) is 239 Å². The van der Waals surface area contributed by atoms with Crippen LogP contribution in [0.2, 0.25) is 0 Å². The predicted molar refractivity (Wildman–Crippen MR) is 219 cm³/mol. The van der Waals surface area contributed by atoms with Gasteiger partial charge in [-0.15, -0.1) is 0 Å². The van der Waals surface area contributed by atoms with Crippen molar-refractivity contribution in [1.82, 2.24) is 0 Å². The zero-order chi connectivity index (χ0) is 37.1. The number of rotatable bonds is 41. The normalized spacial score (nSPS) is 12.3. The number of hydrogen-bond acceptors (Lipinski definition) is 5. The highest BCUT2D eigenvalue weighted by Gasteiger charge is 2.16. The van der Waals surface area contributed by atoms with Gasteiger partial charge in [-0.25, -0.2) is 0 Å². The number of carbonyl (C=O) groups is 2. The van der Waals surface area contributed by atoms with Gasteiger partial charge in [-0.3, -0.25) is 9.59 Å². The maximum atomic E-state index is 12.2. The van der Waals surface area contributed by atoms with Crippen molar-refractivity contribution in [2.45, 2.75) is 245 Å². The third-order valence-electron chi connectivity index (χ3n) is 10.00. The highest BCUT2D eigenvalue weighted by molar-refractivity contribution is 5.70. The molecule has 0 bridgehead atoms. The van der Waals surface area contributed by atoms with E-state index < -0.39 is 6.10 Å². The van der Waals surface area contributed by atoms with Crippen LogP contribution in [0.4, 0.5) is 0 Å². The maximum absolute atomic E-state index is 12.2. The summed E-state index contributed by atoms with van der Waals surface area (Å²) in [7, 11) is 0. The van der Waals surface area contributed by atoms with Crippen molar-refractivity contribution in [2.24, 2.45) is 0 Å². The molecule has 1 unspecified atom stereocenters. The van der Waals surface area contributed by atoms with E-state index in [0.717, 1.165) is 44.9 Å². The van der Waals surface area contributed by atoms with Crippen molar-refractivity contribution in [3.63, 3.8) is 0 Å². The lowest BCUT2D eigenvalue weighted by Gasteiger charge is -2.15. The van der Waals surface area contributed by atoms with Crippen molar-refractivity contribution < 1.29 is 24.2 Å². The van der Waals surface area contributed by atoms with E-state index in [9.17, 15) is 14.7 Å². The number of hydrogen-bond donors (Lipinski definition) is 1. The van der Waals surface area contributed by atoms with Crippen LogP contribution in [-0.4, -0.2) is 36.4 Å². The number of carbonyl (C=O) groups excluding carboxylic acids is 2. The molecule has 0 radical (unpaired) electrons. The number of aliphatic hydroxyl groups is 1. The smallest absolute Gasteiger partial charge is 0.306 e. The van der Waals surface area contributed by atoms with Crippen LogP contribution >= 0.6 is 0 Å². The third-order valence-corrected chi connectivity index (χ3v) is 10.00. The minimum Gasteiger partial charge on any atom is -0.462 e. The lowest BCUT2D eigenvalue weighted by molar-refractivity contribution is -0.161. The summed E-state index contributed by atoms with van der Waals surface area (Å²) in [6, 6.07) is 0. The fourth-order valence-corrected chi connectivity index (χ4v) is 6.59. The molecule has 0 fully saturated rings. The Bertz CT molecular complexity index is 776. The lowest BCUT2D eigenvalue weighted by Crippen LogP contribution is -2.28. The summed E-state index contributed by atoms with van der Waals surface area (Å²) in [5.41, 5.74) is 0. The largest absolute Gasteiger partial charge is 0.462 e. The van der Waals surface area contributed by atoms with E-state index >= 15 is 0 Å². The second kappa shape index (κ2) is 42.8. The van der Waals surface area contributed by atoms with Crippen LogP contribution < -0.4 is 0 Å². The van der Waals surface area contributed by atoms with E-state index in [1.807, 2.05) is 0 Å². The number of unbranched alkanes of at least 4 members (excludes halogenated alkanes) is 29. The van der Waals surface area contributed by atoms with Crippen molar-refractivity contribution >= 4 is 11.9 Å². The third kappa shape index (κ3) is 41.0. The van der Waals surface area contributed by atoms with Gasteiger partial charge in [0.25, 0.3) is 0 Å². The van der Waals surface area contributed by atoms with E-state index in [2.05, 4.69) is 38.2 Å². The molecule has 51 heavy (non-hydrogen) atoms. The Morgan fingerprint density at radius 3 is 1.16 bits per heavy atom. The Labute approximate surface area is 317 Å². The second-order valence-corrected chi connectivity index (χ2v) is 15.1. The average molecular weight is 719 g/mol. The fourth-order valence-electron chi connectivity index (χ4n) is 6.59. The van der Waals surface area contributed by atoms with E-state index in [-0.39, 0.29) is 25.2 Å². The number of ether oxygens (including phenoxy) is 2. The molecule has 5 nitrogen and oxygen atoms in total. The molecule has 0 aromatic rings. The quantitative estimate of drug-likeness (QED) is 0.0387. The topological polar surface area (TPSA) is 72.8 Å². The van der Waals surface area contributed by atoms with Gasteiger partial charge in [-0.05, 0) is 44.9 Å². The Kier molecular flexibility index (Phi) is 41.4. The van der Waals surface area contributed by atoms with Gasteiger partial charge in [0.1, 0.15) is 6.61 Å². The van der Waals surface area contributed by atoms with Gasteiger partial charge >= 0.3 is 11.9 Å². The summed E-state index contributed by atoms with van der Waals surface area (Å²) < 4.78 is 10.6. The molecule has 0 rings (SSSR count). The first-order valence-electron chi connectivity index (χ1n) is 22.4. The molecule has 0 amide bonds. The molecule has 0 aliphatic heterocycles. The van der Waals surface area contributed by atoms with Crippen LogP contribution in [0.25, 0.3) is 0 Å². The summed E-state index contributed by atoms with van der Waals surface area (Å²) in [6.07, 6.45) is 51.1. The van der Waals surface area contributed by atoms with Crippen LogP contribution in [0.3, 0.4) is 0 Å². The molecule has 0 aliphatic carbocycles. The van der Waals surface area contributed by atoms with Gasteiger partial charge in [0.2, 0.25) is 0 Å². The molecule has 0 saturated carbocycles. The van der Waals surface area contributed by atoms with Gasteiger partial charge < -0.3 is 14.6 Å². The Balaban J connectivity index is 3.47. The van der Waals surface area contributed by atoms with Crippen molar-refractivity contribution in [3.05, 3.63) is 24.3 Å². The Morgan fingerprint density at radius 1 is 0.451 bits per heavy atom. The monoisotopic (exact) mass is 719 g/mol. The molecule has 0 spiro atoms. The first kappa shape index (κ1) is 49.4. The molecule has 1 atom stereocenters. The molecule has 0 heterocycles. The van der Waals surface area contributed by atoms with Gasteiger partial charge in [-0.1, -0.05) is 205 Å². The fraction of sp³-hybridized carbons (Fsp3) is 0.870. The zero-order valence-corrected chi connectivity index (χ0v) is 34.1. The number of allylic oxidation sites excluding steroid dienone is 4. The number of aliphatic hydroxyl groups excluding tert-OH is 1. The van der Waals surface area contributed by atoms with E-state index in [4.69, 9.17) is 9.47 Å². The predicted octanol–water partition coefficient (Wildman–Crippen LogP) is 14.2. The SMILES string of the molecule is CCCCCCC/C=C\C/C=C\CCCCCCCCCCCCCCCC(=O)OC(CO)COC(=O)CCCCCCCCCCCCCC. The molecule has 300 valence electrons. The Hall–Kier alpha value is -1.62. The minimum absolute atomic E-state index is 0.0609. The maximum Gasteiger partial charge on any atom is 0.306 e. The summed E-state index contributed by atoms with van der Waals surface area (Å²) >= 11 is 0. The minimum atomic E-state index is -0.766. The first-order valence-corrected chi connectivity index (χ1v) is 22.4. The highest BCUT2D eigenvalue weighted by Crippen LogP contribution is 2.15. The molecular weight excluding hydrogens is 633 g/mol. The van der Waals surface area contributed by atoms with Crippen molar-refractivity contribution in [3.8, 4) is 0 Å². The lowest BCUT2D eigenvalue weighted by atomic mass is 10.0.